The first-order chi connectivity index (χ1) is 11.1. The van der Waals surface area contributed by atoms with Crippen molar-refractivity contribution in [3.63, 3.8) is 0 Å². The fraction of sp³-hybridized carbons (Fsp3) is 0.786. The van der Waals surface area contributed by atoms with E-state index in [1.54, 1.807) is 23.1 Å². The number of nitrogens with one attached hydrogen (secondary N) is 2. The van der Waals surface area contributed by atoms with Crippen LogP contribution in [0, 0.1) is 6.92 Å². The third-order valence-electron chi connectivity index (χ3n) is 4.26. The number of piperazine rings is 1. The lowest BCUT2D eigenvalue weighted by atomic mass is 10.2. The van der Waals surface area contributed by atoms with E-state index < -0.39 is 0 Å². The van der Waals surface area contributed by atoms with Gasteiger partial charge in [-0.3, -0.25) is 15.0 Å². The molecule has 0 spiro atoms. The molecule has 0 aromatic carbocycles. The maximum Gasteiger partial charge on any atom is 0.223 e. The number of amides is 1. The average Bonchev–Trinajstić information content (AvgIpc) is 2.98. The number of rotatable bonds is 5. The molecule has 2 fully saturated rings. The molecule has 9 heteroatoms. The van der Waals surface area contributed by atoms with Crippen molar-refractivity contribution < 1.29 is 4.79 Å². The second-order valence-corrected chi connectivity index (χ2v) is 8.35. The predicted molar refractivity (Wildman–Crippen MR) is 92.5 cm³/mol. The summed E-state index contributed by atoms with van der Waals surface area (Å²) in [4.78, 5) is 16.8. The van der Waals surface area contributed by atoms with Crippen LogP contribution < -0.4 is 10.6 Å². The van der Waals surface area contributed by atoms with Crippen molar-refractivity contribution in [3.05, 3.63) is 5.01 Å². The van der Waals surface area contributed by atoms with Crippen LogP contribution in [-0.4, -0.2) is 76.7 Å². The highest BCUT2D eigenvalue weighted by molar-refractivity contribution is 8.01. The van der Waals surface area contributed by atoms with E-state index >= 15 is 0 Å². The minimum absolute atomic E-state index is 0.0444. The highest BCUT2D eigenvalue weighted by Crippen LogP contribution is 2.23. The molecule has 2 aliphatic rings. The molecule has 0 radical (unpaired) electrons. The lowest BCUT2D eigenvalue weighted by Crippen LogP contribution is -2.66. The Hall–Kier alpha value is -0.740. The zero-order valence-electron chi connectivity index (χ0n) is 13.6. The number of nitrogens with zero attached hydrogens (tertiary/aromatic N) is 4. The van der Waals surface area contributed by atoms with Gasteiger partial charge in [0.25, 0.3) is 0 Å². The van der Waals surface area contributed by atoms with E-state index in [-0.39, 0.29) is 18.2 Å². The quantitative estimate of drug-likeness (QED) is 0.737. The van der Waals surface area contributed by atoms with E-state index in [9.17, 15) is 4.79 Å². The van der Waals surface area contributed by atoms with E-state index in [2.05, 4.69) is 37.6 Å². The molecule has 2 aliphatic heterocycles. The maximum atomic E-state index is 12.0. The Labute approximate surface area is 145 Å². The van der Waals surface area contributed by atoms with Gasteiger partial charge in [-0.15, -0.1) is 10.2 Å². The van der Waals surface area contributed by atoms with Gasteiger partial charge >= 0.3 is 0 Å². The molecule has 7 nitrogen and oxygen atoms in total. The molecule has 1 amide bonds. The lowest BCUT2D eigenvalue weighted by Gasteiger charge is -2.42. The number of likely N-dealkylation sites (N-methyl/N-ethyl adjacent to an activating group) is 1. The number of aryl methyl sites for hydroxylation is 1. The van der Waals surface area contributed by atoms with Crippen molar-refractivity contribution in [2.75, 3.05) is 38.5 Å². The molecular formula is C14H24N6OS2. The van der Waals surface area contributed by atoms with Crippen molar-refractivity contribution in [3.8, 4) is 0 Å². The summed E-state index contributed by atoms with van der Waals surface area (Å²) in [6, 6.07) is 0.173. The summed E-state index contributed by atoms with van der Waals surface area (Å²) in [7, 11) is 0. The van der Waals surface area contributed by atoms with Gasteiger partial charge in [-0.2, -0.15) is 0 Å². The topological polar surface area (TPSA) is 73.4 Å². The van der Waals surface area contributed by atoms with Crippen molar-refractivity contribution >= 4 is 29.0 Å². The summed E-state index contributed by atoms with van der Waals surface area (Å²) in [5.74, 6) is 0.971. The summed E-state index contributed by atoms with van der Waals surface area (Å²) in [6.07, 6.45) is 0.480. The van der Waals surface area contributed by atoms with Crippen LogP contribution in [0.5, 0.6) is 0 Å². The number of aromatic nitrogens is 2. The SMILES string of the molecule is CCN1CCN(C2NC(=O)CC(CSc3nnc(C)s3)N2)CC1. The molecule has 2 N–H and O–H groups in total. The number of carbonyl (C=O) groups is 1. The molecule has 0 saturated carbocycles. The Balaban J connectivity index is 1.51. The molecule has 3 heterocycles. The monoisotopic (exact) mass is 356 g/mol. The van der Waals surface area contributed by atoms with Crippen LogP contribution in [0.25, 0.3) is 0 Å². The normalized spacial score (nSPS) is 27.1. The van der Waals surface area contributed by atoms with Crippen molar-refractivity contribution in [1.82, 2.24) is 30.6 Å². The van der Waals surface area contributed by atoms with Crippen LogP contribution in [-0.2, 0) is 4.79 Å². The van der Waals surface area contributed by atoms with Crippen molar-refractivity contribution in [2.45, 2.75) is 36.9 Å². The van der Waals surface area contributed by atoms with Gasteiger partial charge in [0, 0.05) is 44.4 Å². The van der Waals surface area contributed by atoms with E-state index in [0.717, 1.165) is 47.8 Å². The van der Waals surface area contributed by atoms with E-state index in [1.807, 2.05) is 6.92 Å². The fourth-order valence-corrected chi connectivity index (χ4v) is 4.78. The highest BCUT2D eigenvalue weighted by atomic mass is 32.2. The number of hydrogen-bond acceptors (Lipinski definition) is 8. The summed E-state index contributed by atoms with van der Waals surface area (Å²) in [6.45, 7) is 9.35. The highest BCUT2D eigenvalue weighted by Gasteiger charge is 2.31. The Bertz CT molecular complexity index is 531. The molecule has 2 saturated heterocycles. The van der Waals surface area contributed by atoms with Crippen molar-refractivity contribution in [2.24, 2.45) is 0 Å². The van der Waals surface area contributed by atoms with E-state index in [0.29, 0.717) is 6.42 Å². The first-order valence-corrected chi connectivity index (χ1v) is 9.89. The lowest BCUT2D eigenvalue weighted by molar-refractivity contribution is -0.127. The number of hydrogen-bond donors (Lipinski definition) is 2. The van der Waals surface area contributed by atoms with Gasteiger partial charge in [-0.25, -0.2) is 0 Å². The predicted octanol–water partition coefficient (Wildman–Crippen LogP) is 0.338. The van der Waals surface area contributed by atoms with Gasteiger partial charge in [0.05, 0.1) is 0 Å². The smallest absolute Gasteiger partial charge is 0.223 e. The minimum atomic E-state index is -0.0444. The summed E-state index contributed by atoms with van der Waals surface area (Å²) < 4.78 is 0.975. The standard InChI is InChI=1S/C14H24N6OS2/c1-3-19-4-6-20(7-5-19)13-15-11(8-12(21)16-13)9-22-14-18-17-10(2)23-14/h11,13,15H,3-9H2,1-2H3,(H,16,21). The molecule has 3 rings (SSSR count). The molecule has 1 aromatic rings. The fourth-order valence-electron chi connectivity index (χ4n) is 2.91. The van der Waals surface area contributed by atoms with Crippen LogP contribution in [0.1, 0.15) is 18.4 Å². The molecule has 1 aromatic heterocycles. The van der Waals surface area contributed by atoms with Crippen LogP contribution in [0.2, 0.25) is 0 Å². The molecular weight excluding hydrogens is 332 g/mol. The minimum Gasteiger partial charge on any atom is -0.328 e. The zero-order chi connectivity index (χ0) is 16.2. The second-order valence-electron chi connectivity index (χ2n) is 5.91. The Kier molecular flexibility index (Phi) is 5.86. The molecule has 128 valence electrons. The first kappa shape index (κ1) is 17.1. The third-order valence-corrected chi connectivity index (χ3v) is 6.39. The Morgan fingerprint density at radius 1 is 1.30 bits per heavy atom. The van der Waals surface area contributed by atoms with Crippen molar-refractivity contribution in [1.29, 1.82) is 0 Å². The Morgan fingerprint density at radius 2 is 2.09 bits per heavy atom. The molecule has 0 bridgehead atoms. The largest absolute Gasteiger partial charge is 0.328 e. The van der Waals surface area contributed by atoms with Crippen LogP contribution in [0.4, 0.5) is 0 Å². The number of carbonyl (C=O) groups excluding carboxylic acids is 1. The van der Waals surface area contributed by atoms with Crippen LogP contribution >= 0.6 is 23.1 Å². The maximum absolute atomic E-state index is 12.0. The zero-order valence-corrected chi connectivity index (χ0v) is 15.3. The van der Waals surface area contributed by atoms with Gasteiger partial charge in [-0.05, 0) is 13.5 Å². The Morgan fingerprint density at radius 3 is 2.74 bits per heavy atom. The van der Waals surface area contributed by atoms with Gasteiger partial charge in [-0.1, -0.05) is 30.0 Å². The average molecular weight is 357 g/mol. The molecule has 2 unspecified atom stereocenters. The van der Waals surface area contributed by atoms with E-state index in [1.165, 1.54) is 0 Å². The molecule has 23 heavy (non-hydrogen) atoms. The summed E-state index contributed by atoms with van der Waals surface area (Å²) in [5.41, 5.74) is 0. The molecule has 2 atom stereocenters. The van der Waals surface area contributed by atoms with E-state index in [4.69, 9.17) is 0 Å². The van der Waals surface area contributed by atoms with Gasteiger partial charge in [0.2, 0.25) is 5.91 Å². The van der Waals surface area contributed by atoms with Crippen LogP contribution in [0.15, 0.2) is 4.34 Å². The summed E-state index contributed by atoms with van der Waals surface area (Å²) in [5, 5.41) is 15.8. The van der Waals surface area contributed by atoms with Gasteiger partial charge < -0.3 is 10.2 Å². The van der Waals surface area contributed by atoms with Gasteiger partial charge in [0.15, 0.2) is 4.34 Å². The molecule has 0 aliphatic carbocycles. The van der Waals surface area contributed by atoms with Crippen LogP contribution in [0.3, 0.4) is 0 Å². The number of thioether (sulfide) groups is 1. The third kappa shape index (κ3) is 4.63. The first-order valence-electron chi connectivity index (χ1n) is 8.08. The summed E-state index contributed by atoms with van der Waals surface area (Å²) >= 11 is 3.28. The van der Waals surface area contributed by atoms with Gasteiger partial charge in [0.1, 0.15) is 11.3 Å². The second kappa shape index (κ2) is 7.89.